The molecule has 0 saturated carbocycles. The summed E-state index contributed by atoms with van der Waals surface area (Å²) in [5, 5.41) is 10.7. The molecule has 3 heterocycles. The topological polar surface area (TPSA) is 84.7 Å². The zero-order valence-corrected chi connectivity index (χ0v) is 15.5. The van der Waals surface area contributed by atoms with Crippen LogP contribution in [0.25, 0.3) is 0 Å². The molecule has 138 valence electrons. The van der Waals surface area contributed by atoms with Crippen LogP contribution in [0.3, 0.4) is 0 Å². The van der Waals surface area contributed by atoms with E-state index < -0.39 is 0 Å². The number of rotatable bonds is 3. The van der Waals surface area contributed by atoms with E-state index in [1.54, 1.807) is 17.1 Å². The number of carbonyl (C=O) groups excluding carboxylic acids is 1. The zero-order valence-electron chi connectivity index (χ0n) is 15.5. The van der Waals surface area contributed by atoms with Crippen LogP contribution in [-0.2, 0) is 4.79 Å². The van der Waals surface area contributed by atoms with Gasteiger partial charge in [0.1, 0.15) is 6.33 Å². The van der Waals surface area contributed by atoms with Crippen LogP contribution in [0, 0.1) is 19.8 Å². The van der Waals surface area contributed by atoms with Gasteiger partial charge in [0, 0.05) is 24.1 Å². The second-order valence-electron chi connectivity index (χ2n) is 7.03. The average molecular weight is 362 g/mol. The third-order valence-electron chi connectivity index (χ3n) is 5.04. The Bertz CT molecular complexity index is 968. The number of nitrogens with zero attached hydrogens (tertiary/aromatic N) is 4. The van der Waals surface area contributed by atoms with Gasteiger partial charge in [-0.05, 0) is 44.0 Å². The molecule has 0 aliphatic carbocycles. The molecule has 4 rings (SSSR count). The summed E-state index contributed by atoms with van der Waals surface area (Å²) in [6.45, 7) is 6.03. The minimum absolute atomic E-state index is 0.0584. The monoisotopic (exact) mass is 362 g/mol. The maximum Gasteiger partial charge on any atom is 0.232 e. The summed E-state index contributed by atoms with van der Waals surface area (Å²) in [4.78, 5) is 21.8. The lowest BCUT2D eigenvalue weighted by atomic mass is 9.86. The van der Waals surface area contributed by atoms with Crippen LogP contribution >= 0.6 is 0 Å². The lowest BCUT2D eigenvalue weighted by Crippen LogP contribution is -2.46. The molecule has 1 aliphatic heterocycles. The normalized spacial score (nSPS) is 21.2. The minimum atomic E-state index is -0.371. The Morgan fingerprint density at radius 2 is 2.11 bits per heavy atom. The Morgan fingerprint density at radius 1 is 1.26 bits per heavy atom. The van der Waals surface area contributed by atoms with Crippen molar-refractivity contribution in [2.75, 3.05) is 10.6 Å². The number of anilines is 2. The van der Waals surface area contributed by atoms with E-state index in [-0.39, 0.29) is 23.9 Å². The molecule has 2 N–H and O–H groups in total. The van der Waals surface area contributed by atoms with Gasteiger partial charge < -0.3 is 10.6 Å². The van der Waals surface area contributed by atoms with Crippen LogP contribution in [0.15, 0.2) is 49.1 Å². The smallest absolute Gasteiger partial charge is 0.232 e. The summed E-state index contributed by atoms with van der Waals surface area (Å²) < 4.78 is 1.77. The van der Waals surface area contributed by atoms with E-state index in [9.17, 15) is 4.79 Å². The largest absolute Gasteiger partial charge is 0.351 e. The lowest BCUT2D eigenvalue weighted by molar-refractivity contribution is -0.121. The fourth-order valence-electron chi connectivity index (χ4n) is 3.72. The van der Waals surface area contributed by atoms with Gasteiger partial charge in [-0.1, -0.05) is 23.8 Å². The van der Waals surface area contributed by atoms with Gasteiger partial charge in [-0.25, -0.2) is 4.68 Å². The van der Waals surface area contributed by atoms with Crippen molar-refractivity contribution in [3.05, 3.63) is 65.7 Å². The van der Waals surface area contributed by atoms with E-state index >= 15 is 0 Å². The van der Waals surface area contributed by atoms with Gasteiger partial charge in [0.05, 0.1) is 12.0 Å². The molecule has 0 unspecified atom stereocenters. The van der Waals surface area contributed by atoms with E-state index in [0.717, 1.165) is 16.8 Å². The summed E-state index contributed by atoms with van der Waals surface area (Å²) in [6.07, 6.45) is 5.01. The molecule has 1 aliphatic rings. The molecule has 2 aromatic heterocycles. The lowest BCUT2D eigenvalue weighted by Gasteiger charge is -2.36. The van der Waals surface area contributed by atoms with E-state index in [2.05, 4.69) is 31.8 Å². The number of nitrogens with one attached hydrogen (secondary N) is 2. The minimum Gasteiger partial charge on any atom is -0.351 e. The molecule has 3 aromatic rings. The molecular formula is C20H22N6O. The first-order valence-electron chi connectivity index (χ1n) is 8.98. The van der Waals surface area contributed by atoms with E-state index in [1.807, 2.05) is 45.0 Å². The Kier molecular flexibility index (Phi) is 4.35. The molecule has 0 fully saturated rings. The molecule has 0 radical (unpaired) electrons. The van der Waals surface area contributed by atoms with Crippen molar-refractivity contribution < 1.29 is 4.79 Å². The number of hydrogen-bond acceptors (Lipinski definition) is 5. The van der Waals surface area contributed by atoms with Gasteiger partial charge in [0.25, 0.3) is 0 Å². The first-order chi connectivity index (χ1) is 13.0. The molecule has 0 bridgehead atoms. The molecule has 0 spiro atoms. The first-order valence-corrected chi connectivity index (χ1v) is 8.98. The van der Waals surface area contributed by atoms with Crippen molar-refractivity contribution in [2.24, 2.45) is 5.92 Å². The van der Waals surface area contributed by atoms with Crippen LogP contribution in [0.2, 0.25) is 0 Å². The molecule has 0 saturated heterocycles. The number of amides is 1. The number of hydrogen-bond donors (Lipinski definition) is 2. The van der Waals surface area contributed by atoms with Crippen molar-refractivity contribution >= 4 is 17.5 Å². The van der Waals surface area contributed by atoms with Crippen LogP contribution in [0.5, 0.6) is 0 Å². The quantitative estimate of drug-likeness (QED) is 0.748. The number of benzene rings is 1. The fourth-order valence-corrected chi connectivity index (χ4v) is 3.72. The molecule has 7 heteroatoms. The van der Waals surface area contributed by atoms with Gasteiger partial charge in [-0.2, -0.15) is 10.1 Å². The fraction of sp³-hybridized carbons (Fsp3) is 0.300. The van der Waals surface area contributed by atoms with Crippen molar-refractivity contribution in [1.29, 1.82) is 0 Å². The van der Waals surface area contributed by atoms with E-state index in [4.69, 9.17) is 0 Å². The highest BCUT2D eigenvalue weighted by Gasteiger charge is 2.41. The summed E-state index contributed by atoms with van der Waals surface area (Å²) in [5.41, 5.74) is 3.96. The van der Waals surface area contributed by atoms with E-state index in [1.165, 1.54) is 11.9 Å². The summed E-state index contributed by atoms with van der Waals surface area (Å²) in [5.74, 6) is 0.230. The highest BCUT2D eigenvalue weighted by atomic mass is 16.2. The number of aromatic nitrogens is 4. The first kappa shape index (κ1) is 17.2. The summed E-state index contributed by atoms with van der Waals surface area (Å²) >= 11 is 0. The number of pyridine rings is 1. The van der Waals surface area contributed by atoms with Crippen LogP contribution in [-0.4, -0.2) is 31.7 Å². The van der Waals surface area contributed by atoms with Crippen LogP contribution in [0.4, 0.5) is 11.6 Å². The average Bonchev–Trinajstić information content (AvgIpc) is 3.11. The van der Waals surface area contributed by atoms with Crippen LogP contribution < -0.4 is 10.6 Å². The third kappa shape index (κ3) is 3.16. The maximum absolute atomic E-state index is 13.3. The zero-order chi connectivity index (χ0) is 19.0. The summed E-state index contributed by atoms with van der Waals surface area (Å²) in [6, 6.07) is 9.46. The number of carbonyl (C=O) groups is 1. The third-order valence-corrected chi connectivity index (χ3v) is 5.04. The van der Waals surface area contributed by atoms with E-state index in [0.29, 0.717) is 5.95 Å². The number of aryl methyl sites for hydroxylation is 2. The molecular weight excluding hydrogens is 340 g/mol. The SMILES string of the molecule is Cc1ccc(NC(=O)[C@H]2[C@H](C)Nc3ncnn3[C@@H]2c2cccnc2)c(C)c1. The molecule has 1 amide bonds. The standard InChI is InChI=1S/C20H22N6O/c1-12-6-7-16(13(2)9-12)25-19(27)17-14(3)24-20-22-11-23-26(20)18(17)15-5-4-8-21-10-15/h4-11,14,17-18H,1-3H3,(H,25,27)(H,22,23,24)/t14-,17-,18+/m0/s1. The summed E-state index contributed by atoms with van der Waals surface area (Å²) in [7, 11) is 0. The Hall–Kier alpha value is -3.22. The highest BCUT2D eigenvalue weighted by molar-refractivity contribution is 5.94. The van der Waals surface area contributed by atoms with Crippen molar-refractivity contribution in [3.8, 4) is 0 Å². The Labute approximate surface area is 157 Å². The van der Waals surface area contributed by atoms with Gasteiger partial charge in [0.15, 0.2) is 0 Å². The maximum atomic E-state index is 13.3. The predicted molar refractivity (Wildman–Crippen MR) is 104 cm³/mol. The highest BCUT2D eigenvalue weighted by Crippen LogP contribution is 2.36. The van der Waals surface area contributed by atoms with Gasteiger partial charge in [0.2, 0.25) is 11.9 Å². The molecule has 27 heavy (non-hydrogen) atoms. The molecule has 1 aromatic carbocycles. The predicted octanol–water partition coefficient (Wildman–Crippen LogP) is 2.95. The number of fused-ring (bicyclic) bond motifs is 1. The Balaban J connectivity index is 1.71. The van der Waals surface area contributed by atoms with Gasteiger partial charge >= 0.3 is 0 Å². The molecule has 3 atom stereocenters. The van der Waals surface area contributed by atoms with Gasteiger partial charge in [-0.15, -0.1) is 0 Å². The second kappa shape index (κ2) is 6.83. The van der Waals surface area contributed by atoms with Crippen molar-refractivity contribution in [1.82, 2.24) is 19.7 Å². The molecule has 7 nitrogen and oxygen atoms in total. The van der Waals surface area contributed by atoms with Gasteiger partial charge in [-0.3, -0.25) is 9.78 Å². The van der Waals surface area contributed by atoms with Crippen molar-refractivity contribution in [3.63, 3.8) is 0 Å². The van der Waals surface area contributed by atoms with Crippen molar-refractivity contribution in [2.45, 2.75) is 32.9 Å². The second-order valence-corrected chi connectivity index (χ2v) is 7.03. The Morgan fingerprint density at radius 3 is 2.85 bits per heavy atom. The van der Waals surface area contributed by atoms with Crippen LogP contribution in [0.1, 0.15) is 29.7 Å².